The Kier molecular flexibility index (Phi) is 5.43. The van der Waals surface area contributed by atoms with Gasteiger partial charge < -0.3 is 15.4 Å². The van der Waals surface area contributed by atoms with E-state index in [1.807, 2.05) is 18.3 Å². The molecule has 1 aromatic heterocycles. The zero-order chi connectivity index (χ0) is 11.1. The molecule has 0 bridgehead atoms. The predicted molar refractivity (Wildman–Crippen MR) is 62.6 cm³/mol. The maximum absolute atomic E-state index is 9.86. The number of rotatable bonds is 7. The normalized spacial score (nSPS) is 13.3. The molecule has 0 saturated heterocycles. The summed E-state index contributed by atoms with van der Waals surface area (Å²) in [5.74, 6) is 0.418. The fraction of sp³-hybridized carbons (Fsp3) is 0.667. The van der Waals surface area contributed by atoms with E-state index >= 15 is 0 Å². The van der Waals surface area contributed by atoms with Crippen molar-refractivity contribution < 1.29 is 5.11 Å². The summed E-state index contributed by atoms with van der Waals surface area (Å²) in [5, 5.41) is 13.1. The largest absolute Gasteiger partial charge is 0.392 e. The molecule has 0 saturated carbocycles. The lowest BCUT2D eigenvalue weighted by Crippen LogP contribution is -2.32. The third kappa shape index (κ3) is 4.06. The summed E-state index contributed by atoms with van der Waals surface area (Å²) in [5.41, 5.74) is 1.16. The second-order valence-electron chi connectivity index (χ2n) is 3.97. The SMILES string of the molecule is CCC(CC)C(O)CNCc1ccc[nH]1. The van der Waals surface area contributed by atoms with Gasteiger partial charge in [-0.25, -0.2) is 0 Å². The van der Waals surface area contributed by atoms with E-state index in [-0.39, 0.29) is 6.10 Å². The minimum Gasteiger partial charge on any atom is -0.392 e. The molecule has 0 aliphatic heterocycles. The Labute approximate surface area is 91.9 Å². The van der Waals surface area contributed by atoms with Gasteiger partial charge in [0.05, 0.1) is 6.10 Å². The lowest BCUT2D eigenvalue weighted by molar-refractivity contribution is 0.101. The van der Waals surface area contributed by atoms with E-state index in [0.717, 1.165) is 25.1 Å². The minimum atomic E-state index is -0.227. The average molecular weight is 210 g/mol. The Morgan fingerprint density at radius 1 is 1.40 bits per heavy atom. The fourth-order valence-electron chi connectivity index (χ4n) is 1.83. The average Bonchev–Trinajstić information content (AvgIpc) is 2.72. The van der Waals surface area contributed by atoms with Crippen molar-refractivity contribution in [2.24, 2.45) is 5.92 Å². The number of nitrogens with one attached hydrogen (secondary N) is 2. The molecular weight excluding hydrogens is 188 g/mol. The van der Waals surface area contributed by atoms with Gasteiger partial charge in [-0.1, -0.05) is 26.7 Å². The van der Waals surface area contributed by atoms with Gasteiger partial charge in [-0.3, -0.25) is 0 Å². The Balaban J connectivity index is 2.19. The fourth-order valence-corrected chi connectivity index (χ4v) is 1.83. The van der Waals surface area contributed by atoms with Crippen LogP contribution < -0.4 is 5.32 Å². The predicted octanol–water partition coefficient (Wildman–Crippen LogP) is 1.90. The zero-order valence-electron chi connectivity index (χ0n) is 9.66. The highest BCUT2D eigenvalue weighted by Crippen LogP contribution is 2.12. The maximum atomic E-state index is 9.86. The van der Waals surface area contributed by atoms with Crippen LogP contribution in [0.5, 0.6) is 0 Å². The molecule has 0 spiro atoms. The first-order valence-corrected chi connectivity index (χ1v) is 5.79. The van der Waals surface area contributed by atoms with E-state index in [9.17, 15) is 5.11 Å². The van der Waals surface area contributed by atoms with Gasteiger partial charge in [0.15, 0.2) is 0 Å². The summed E-state index contributed by atoms with van der Waals surface area (Å²) in [6, 6.07) is 4.02. The summed E-state index contributed by atoms with van der Waals surface area (Å²) in [6.07, 6.45) is 3.77. The van der Waals surface area contributed by atoms with Crippen molar-refractivity contribution in [2.45, 2.75) is 39.3 Å². The topological polar surface area (TPSA) is 48.0 Å². The van der Waals surface area contributed by atoms with E-state index in [1.165, 1.54) is 0 Å². The lowest BCUT2D eigenvalue weighted by Gasteiger charge is -2.20. The molecule has 3 nitrogen and oxygen atoms in total. The van der Waals surface area contributed by atoms with Gasteiger partial charge in [0, 0.05) is 25.0 Å². The van der Waals surface area contributed by atoms with Crippen LogP contribution in [0.3, 0.4) is 0 Å². The molecule has 15 heavy (non-hydrogen) atoms. The van der Waals surface area contributed by atoms with Crippen LogP contribution in [-0.2, 0) is 6.54 Å². The Hall–Kier alpha value is -0.800. The number of aromatic nitrogens is 1. The van der Waals surface area contributed by atoms with E-state index in [4.69, 9.17) is 0 Å². The van der Waals surface area contributed by atoms with Gasteiger partial charge in [0.1, 0.15) is 0 Å². The lowest BCUT2D eigenvalue weighted by atomic mass is 9.96. The standard InChI is InChI=1S/C12H22N2O/c1-3-10(4-2)12(15)9-13-8-11-6-5-7-14-11/h5-7,10,12-15H,3-4,8-9H2,1-2H3. The summed E-state index contributed by atoms with van der Waals surface area (Å²) in [6.45, 7) is 5.72. The number of aliphatic hydroxyl groups excluding tert-OH is 1. The van der Waals surface area contributed by atoms with Crippen molar-refractivity contribution in [2.75, 3.05) is 6.54 Å². The molecule has 86 valence electrons. The van der Waals surface area contributed by atoms with Gasteiger partial charge in [0.25, 0.3) is 0 Å². The van der Waals surface area contributed by atoms with Crippen LogP contribution in [0.4, 0.5) is 0 Å². The molecule has 0 radical (unpaired) electrons. The van der Waals surface area contributed by atoms with Gasteiger partial charge in [-0.05, 0) is 18.1 Å². The van der Waals surface area contributed by atoms with Crippen molar-refractivity contribution in [3.63, 3.8) is 0 Å². The number of aliphatic hydroxyl groups is 1. The first-order chi connectivity index (χ1) is 7.27. The van der Waals surface area contributed by atoms with E-state index in [0.29, 0.717) is 12.5 Å². The summed E-state index contributed by atoms with van der Waals surface area (Å²) in [7, 11) is 0. The molecule has 0 aliphatic carbocycles. The second kappa shape index (κ2) is 6.64. The molecule has 1 atom stereocenters. The molecule has 0 aromatic carbocycles. The first kappa shape index (κ1) is 12.3. The highest BCUT2D eigenvalue weighted by molar-refractivity contribution is 5.02. The molecule has 3 heteroatoms. The van der Waals surface area contributed by atoms with Crippen molar-refractivity contribution in [1.29, 1.82) is 0 Å². The van der Waals surface area contributed by atoms with Gasteiger partial charge >= 0.3 is 0 Å². The van der Waals surface area contributed by atoms with Crippen LogP contribution >= 0.6 is 0 Å². The van der Waals surface area contributed by atoms with Crippen LogP contribution in [0, 0.1) is 5.92 Å². The van der Waals surface area contributed by atoms with Gasteiger partial charge in [-0.15, -0.1) is 0 Å². The van der Waals surface area contributed by atoms with E-state index in [2.05, 4.69) is 24.1 Å². The van der Waals surface area contributed by atoms with Crippen LogP contribution in [0.15, 0.2) is 18.3 Å². The molecule has 1 unspecified atom stereocenters. The molecular formula is C12H22N2O. The summed E-state index contributed by atoms with van der Waals surface area (Å²) in [4.78, 5) is 3.12. The van der Waals surface area contributed by atoms with Crippen LogP contribution in [0.1, 0.15) is 32.4 Å². The third-order valence-corrected chi connectivity index (χ3v) is 2.92. The quantitative estimate of drug-likeness (QED) is 0.643. The molecule has 0 fully saturated rings. The van der Waals surface area contributed by atoms with Crippen LogP contribution in [0.2, 0.25) is 0 Å². The Bertz CT molecular complexity index is 242. The van der Waals surface area contributed by atoms with Crippen molar-refractivity contribution in [1.82, 2.24) is 10.3 Å². The highest BCUT2D eigenvalue weighted by atomic mass is 16.3. The third-order valence-electron chi connectivity index (χ3n) is 2.92. The molecule has 1 rings (SSSR count). The minimum absolute atomic E-state index is 0.227. The molecule has 3 N–H and O–H groups in total. The highest BCUT2D eigenvalue weighted by Gasteiger charge is 2.14. The molecule has 1 aromatic rings. The first-order valence-electron chi connectivity index (χ1n) is 5.79. The molecule has 1 heterocycles. The number of aromatic amines is 1. The van der Waals surface area contributed by atoms with Crippen molar-refractivity contribution >= 4 is 0 Å². The molecule has 0 aliphatic rings. The number of H-pyrrole nitrogens is 1. The Morgan fingerprint density at radius 2 is 2.13 bits per heavy atom. The van der Waals surface area contributed by atoms with E-state index in [1.54, 1.807) is 0 Å². The Morgan fingerprint density at radius 3 is 2.67 bits per heavy atom. The van der Waals surface area contributed by atoms with Gasteiger partial charge in [-0.2, -0.15) is 0 Å². The van der Waals surface area contributed by atoms with Crippen LogP contribution in [0.25, 0.3) is 0 Å². The van der Waals surface area contributed by atoms with Gasteiger partial charge in [0.2, 0.25) is 0 Å². The summed E-state index contributed by atoms with van der Waals surface area (Å²) < 4.78 is 0. The number of hydrogen-bond donors (Lipinski definition) is 3. The number of hydrogen-bond acceptors (Lipinski definition) is 2. The monoisotopic (exact) mass is 210 g/mol. The van der Waals surface area contributed by atoms with Crippen molar-refractivity contribution in [3.05, 3.63) is 24.0 Å². The zero-order valence-corrected chi connectivity index (χ0v) is 9.66. The second-order valence-corrected chi connectivity index (χ2v) is 3.97. The summed E-state index contributed by atoms with van der Waals surface area (Å²) >= 11 is 0. The van der Waals surface area contributed by atoms with E-state index < -0.39 is 0 Å². The van der Waals surface area contributed by atoms with Crippen LogP contribution in [-0.4, -0.2) is 22.7 Å². The van der Waals surface area contributed by atoms with Crippen molar-refractivity contribution in [3.8, 4) is 0 Å². The molecule has 0 amide bonds. The smallest absolute Gasteiger partial charge is 0.0692 e. The maximum Gasteiger partial charge on any atom is 0.0692 e.